The van der Waals surface area contributed by atoms with Crippen LogP contribution in [0, 0.1) is 10.1 Å². The molecule has 0 aliphatic heterocycles. The van der Waals surface area contributed by atoms with Gasteiger partial charge in [0.05, 0.1) is 4.92 Å². The number of aliphatic carboxylic acids is 1. The van der Waals surface area contributed by atoms with Crippen molar-refractivity contribution < 1.29 is 19.6 Å². The van der Waals surface area contributed by atoms with Crippen molar-refractivity contribution in [2.24, 2.45) is 0 Å². The number of amides is 1. The standard InChI is InChI=1S/C12H11ClN2O5/c13-8-3-7(4-10(5-8)15(19)20)12(18)14(6-11(16)17)9-1-2-9/h3-5,9H,1-2,6H2,(H,16,17). The summed E-state index contributed by atoms with van der Waals surface area (Å²) in [6, 6.07) is 3.42. The number of halogens is 1. The number of benzene rings is 1. The summed E-state index contributed by atoms with van der Waals surface area (Å²) in [4.78, 5) is 34.4. The van der Waals surface area contributed by atoms with Crippen LogP contribution in [0.15, 0.2) is 18.2 Å². The summed E-state index contributed by atoms with van der Waals surface area (Å²) in [5.74, 6) is -1.68. The zero-order valence-electron chi connectivity index (χ0n) is 10.3. The van der Waals surface area contributed by atoms with Crippen LogP contribution in [-0.2, 0) is 4.79 Å². The highest BCUT2D eigenvalue weighted by molar-refractivity contribution is 6.31. The van der Waals surface area contributed by atoms with Crippen molar-refractivity contribution in [1.82, 2.24) is 4.90 Å². The second-order valence-corrected chi connectivity index (χ2v) is 4.95. The second-order valence-electron chi connectivity index (χ2n) is 4.51. The number of hydrogen-bond acceptors (Lipinski definition) is 4. The number of rotatable bonds is 5. The van der Waals surface area contributed by atoms with E-state index in [9.17, 15) is 19.7 Å². The molecule has 1 saturated carbocycles. The van der Waals surface area contributed by atoms with Gasteiger partial charge in [-0.05, 0) is 18.9 Å². The predicted molar refractivity (Wildman–Crippen MR) is 69.8 cm³/mol. The van der Waals surface area contributed by atoms with E-state index in [0.29, 0.717) is 0 Å². The van der Waals surface area contributed by atoms with Crippen molar-refractivity contribution in [2.45, 2.75) is 18.9 Å². The Labute approximate surface area is 118 Å². The molecule has 1 aliphatic rings. The Morgan fingerprint density at radius 2 is 2.05 bits per heavy atom. The minimum absolute atomic E-state index is 0.0253. The third-order valence-corrected chi connectivity index (χ3v) is 3.11. The van der Waals surface area contributed by atoms with Crippen molar-refractivity contribution in [3.05, 3.63) is 38.9 Å². The number of hydrogen-bond donors (Lipinski definition) is 1. The summed E-state index contributed by atoms with van der Waals surface area (Å²) in [7, 11) is 0. The van der Waals surface area contributed by atoms with Crippen LogP contribution >= 0.6 is 11.6 Å². The zero-order valence-corrected chi connectivity index (χ0v) is 11.0. The van der Waals surface area contributed by atoms with Crippen molar-refractivity contribution in [3.63, 3.8) is 0 Å². The molecule has 106 valence electrons. The molecule has 0 unspecified atom stereocenters. The molecule has 0 bridgehead atoms. The third-order valence-electron chi connectivity index (χ3n) is 2.89. The summed E-state index contributed by atoms with van der Waals surface area (Å²) < 4.78 is 0. The Morgan fingerprint density at radius 1 is 1.40 bits per heavy atom. The lowest BCUT2D eigenvalue weighted by atomic mass is 10.1. The van der Waals surface area contributed by atoms with E-state index in [-0.39, 0.29) is 22.3 Å². The lowest BCUT2D eigenvalue weighted by Crippen LogP contribution is -2.37. The van der Waals surface area contributed by atoms with Gasteiger partial charge >= 0.3 is 5.97 Å². The highest BCUT2D eigenvalue weighted by atomic mass is 35.5. The number of carboxylic acids is 1. The molecule has 0 aromatic heterocycles. The molecule has 8 heteroatoms. The van der Waals surface area contributed by atoms with Crippen molar-refractivity contribution in [1.29, 1.82) is 0 Å². The maximum absolute atomic E-state index is 12.3. The molecule has 0 radical (unpaired) electrons. The normalized spacial score (nSPS) is 13.8. The summed E-state index contributed by atoms with van der Waals surface area (Å²) in [6.45, 7) is -0.427. The molecule has 0 spiro atoms. The molecule has 1 aromatic carbocycles. The predicted octanol–water partition coefficient (Wildman–Crippen LogP) is 1.94. The number of non-ortho nitro benzene ring substituents is 1. The molecule has 0 atom stereocenters. The topological polar surface area (TPSA) is 101 Å². The van der Waals surface area contributed by atoms with Crippen LogP contribution in [0.5, 0.6) is 0 Å². The average Bonchev–Trinajstić information content (AvgIpc) is 3.18. The Kier molecular flexibility index (Phi) is 3.89. The highest BCUT2D eigenvalue weighted by Crippen LogP contribution is 2.29. The van der Waals surface area contributed by atoms with E-state index < -0.39 is 23.3 Å². The first-order valence-electron chi connectivity index (χ1n) is 5.86. The number of nitro groups is 1. The van der Waals surface area contributed by atoms with Crippen molar-refractivity contribution in [3.8, 4) is 0 Å². The largest absolute Gasteiger partial charge is 0.480 e. The number of carbonyl (C=O) groups is 2. The molecule has 1 fully saturated rings. The van der Waals surface area contributed by atoms with Crippen molar-refractivity contribution >= 4 is 29.2 Å². The van der Waals surface area contributed by atoms with Gasteiger partial charge in [0.25, 0.3) is 11.6 Å². The molecular formula is C12H11ClN2O5. The lowest BCUT2D eigenvalue weighted by molar-refractivity contribution is -0.384. The van der Waals surface area contributed by atoms with Gasteiger partial charge in [0, 0.05) is 28.8 Å². The minimum Gasteiger partial charge on any atom is -0.480 e. The van der Waals surface area contributed by atoms with Crippen LogP contribution in [0.1, 0.15) is 23.2 Å². The summed E-state index contributed by atoms with van der Waals surface area (Å²) in [5.41, 5.74) is -0.274. The van der Waals surface area contributed by atoms with Crippen LogP contribution in [-0.4, -0.2) is 39.4 Å². The smallest absolute Gasteiger partial charge is 0.323 e. The zero-order chi connectivity index (χ0) is 14.9. The van der Waals surface area contributed by atoms with E-state index in [0.717, 1.165) is 25.0 Å². The summed E-state index contributed by atoms with van der Waals surface area (Å²) >= 11 is 5.75. The number of carbonyl (C=O) groups excluding carboxylic acids is 1. The highest BCUT2D eigenvalue weighted by Gasteiger charge is 2.34. The van der Waals surface area contributed by atoms with Gasteiger partial charge in [0.1, 0.15) is 6.54 Å². The van der Waals surface area contributed by atoms with Gasteiger partial charge in [0.2, 0.25) is 0 Å². The first-order chi connectivity index (χ1) is 9.38. The van der Waals surface area contributed by atoms with Gasteiger partial charge in [-0.1, -0.05) is 11.6 Å². The maximum Gasteiger partial charge on any atom is 0.323 e. The number of nitro benzene ring substituents is 1. The third kappa shape index (κ3) is 3.24. The fraction of sp³-hybridized carbons (Fsp3) is 0.333. The molecule has 2 rings (SSSR count). The molecule has 1 aromatic rings. The van der Waals surface area contributed by atoms with Crippen LogP contribution in [0.4, 0.5) is 5.69 Å². The lowest BCUT2D eigenvalue weighted by Gasteiger charge is -2.20. The summed E-state index contributed by atoms with van der Waals surface area (Å²) in [5, 5.41) is 19.6. The van der Waals surface area contributed by atoms with Crippen LogP contribution in [0.2, 0.25) is 5.02 Å². The van der Waals surface area contributed by atoms with E-state index in [1.165, 1.54) is 11.0 Å². The fourth-order valence-electron chi connectivity index (χ4n) is 1.87. The molecule has 0 saturated heterocycles. The molecule has 1 aliphatic carbocycles. The van der Waals surface area contributed by atoms with Gasteiger partial charge in [-0.3, -0.25) is 19.7 Å². The Hall–Kier alpha value is -2.15. The number of nitrogens with zero attached hydrogens (tertiary/aromatic N) is 2. The fourth-order valence-corrected chi connectivity index (χ4v) is 2.10. The van der Waals surface area contributed by atoms with E-state index in [4.69, 9.17) is 16.7 Å². The monoisotopic (exact) mass is 298 g/mol. The first kappa shape index (κ1) is 14.3. The Balaban J connectivity index is 2.31. The molecule has 1 N–H and O–H groups in total. The second kappa shape index (κ2) is 5.46. The molecule has 0 heterocycles. The Morgan fingerprint density at radius 3 is 2.55 bits per heavy atom. The molecule has 1 amide bonds. The van der Waals surface area contributed by atoms with Gasteiger partial charge in [-0.2, -0.15) is 0 Å². The molecular weight excluding hydrogens is 288 g/mol. The quantitative estimate of drug-likeness (QED) is 0.661. The number of carboxylic acid groups (broad SMARTS) is 1. The molecule has 7 nitrogen and oxygen atoms in total. The first-order valence-corrected chi connectivity index (χ1v) is 6.24. The van der Waals surface area contributed by atoms with E-state index in [2.05, 4.69) is 0 Å². The minimum atomic E-state index is -1.12. The van der Waals surface area contributed by atoms with Gasteiger partial charge in [-0.15, -0.1) is 0 Å². The van der Waals surface area contributed by atoms with Gasteiger partial charge < -0.3 is 10.0 Å². The molecule has 20 heavy (non-hydrogen) atoms. The van der Waals surface area contributed by atoms with Crippen LogP contribution in [0.25, 0.3) is 0 Å². The van der Waals surface area contributed by atoms with Gasteiger partial charge in [0.15, 0.2) is 0 Å². The average molecular weight is 299 g/mol. The van der Waals surface area contributed by atoms with Crippen LogP contribution < -0.4 is 0 Å². The van der Waals surface area contributed by atoms with E-state index in [1.807, 2.05) is 0 Å². The van der Waals surface area contributed by atoms with Crippen molar-refractivity contribution in [2.75, 3.05) is 6.54 Å². The summed E-state index contributed by atoms with van der Waals surface area (Å²) in [6.07, 6.45) is 1.48. The maximum atomic E-state index is 12.3. The SMILES string of the molecule is O=C(O)CN(C(=O)c1cc(Cl)cc([N+](=O)[O-])c1)C1CC1. The van der Waals surface area contributed by atoms with Gasteiger partial charge in [-0.25, -0.2) is 0 Å². The van der Waals surface area contributed by atoms with E-state index >= 15 is 0 Å². The van der Waals surface area contributed by atoms with E-state index in [1.54, 1.807) is 0 Å². The van der Waals surface area contributed by atoms with Crippen LogP contribution in [0.3, 0.4) is 0 Å². The Bertz CT molecular complexity index is 585.